The molecule has 1 aromatic carbocycles. The number of hydrogen-bond donors (Lipinski definition) is 0. The van der Waals surface area contributed by atoms with Crippen molar-refractivity contribution >= 4 is 5.78 Å². The first-order chi connectivity index (χ1) is 7.58. The Morgan fingerprint density at radius 1 is 1.25 bits per heavy atom. The first-order valence-corrected chi connectivity index (χ1v) is 5.49. The van der Waals surface area contributed by atoms with Gasteiger partial charge < -0.3 is 9.47 Å². The number of aryl methyl sites for hydroxylation is 2. The highest BCUT2D eigenvalue weighted by Crippen LogP contribution is 2.33. The van der Waals surface area contributed by atoms with Crippen LogP contribution in [0.25, 0.3) is 0 Å². The molecule has 16 heavy (non-hydrogen) atoms. The van der Waals surface area contributed by atoms with Crippen LogP contribution >= 0.6 is 0 Å². The van der Waals surface area contributed by atoms with E-state index in [0.717, 1.165) is 11.3 Å². The molecule has 1 aliphatic heterocycles. The van der Waals surface area contributed by atoms with Gasteiger partial charge in [0.2, 0.25) is 0 Å². The first-order valence-electron chi connectivity index (χ1n) is 5.49. The smallest absolute Gasteiger partial charge is 0.170 e. The van der Waals surface area contributed by atoms with Crippen LogP contribution < -0.4 is 9.47 Å². The Balaban J connectivity index is 2.36. The molecule has 3 nitrogen and oxygen atoms in total. The Morgan fingerprint density at radius 3 is 2.50 bits per heavy atom. The van der Waals surface area contributed by atoms with Crippen molar-refractivity contribution in [2.24, 2.45) is 0 Å². The quantitative estimate of drug-likeness (QED) is 0.729. The van der Waals surface area contributed by atoms with Crippen molar-refractivity contribution < 1.29 is 14.3 Å². The number of carbonyl (C=O) groups excluding carboxylic acids is 1. The minimum Gasteiger partial charge on any atom is -0.490 e. The van der Waals surface area contributed by atoms with Crippen LogP contribution in [-0.2, 0) is 4.79 Å². The molecule has 0 spiro atoms. The predicted molar refractivity (Wildman–Crippen MR) is 61.1 cm³/mol. The molecule has 1 heterocycles. The van der Waals surface area contributed by atoms with Gasteiger partial charge in [0.15, 0.2) is 23.4 Å². The maximum absolute atomic E-state index is 11.3. The second-order valence-electron chi connectivity index (χ2n) is 4.24. The molecular formula is C13H16O3. The number of benzene rings is 1. The molecule has 0 radical (unpaired) electrons. The molecule has 3 heteroatoms. The maximum Gasteiger partial charge on any atom is 0.170 e. The van der Waals surface area contributed by atoms with Crippen LogP contribution in [-0.4, -0.2) is 18.5 Å². The van der Waals surface area contributed by atoms with Crippen LogP contribution in [0.1, 0.15) is 24.5 Å². The van der Waals surface area contributed by atoms with Crippen molar-refractivity contribution in [3.63, 3.8) is 0 Å². The summed E-state index contributed by atoms with van der Waals surface area (Å²) < 4.78 is 11.3. The largest absolute Gasteiger partial charge is 0.490 e. The molecule has 0 bridgehead atoms. The lowest BCUT2D eigenvalue weighted by Gasteiger charge is -2.14. The van der Waals surface area contributed by atoms with E-state index in [-0.39, 0.29) is 11.9 Å². The lowest BCUT2D eigenvalue weighted by Crippen LogP contribution is -2.25. The second kappa shape index (κ2) is 4.16. The average Bonchev–Trinajstić information content (AvgIpc) is 2.41. The molecule has 0 N–H and O–H groups in total. The van der Waals surface area contributed by atoms with Crippen LogP contribution in [0.15, 0.2) is 12.1 Å². The molecule has 0 saturated carbocycles. The predicted octanol–water partition coefficient (Wildman–Crippen LogP) is 2.42. The normalized spacial score (nSPS) is 19.1. The minimum absolute atomic E-state index is 0.0506. The van der Waals surface area contributed by atoms with Crippen molar-refractivity contribution in [3.8, 4) is 11.5 Å². The SMILES string of the molecule is CC(=O)C1CCOc2cc(C)c(C)cc2O1. The van der Waals surface area contributed by atoms with Gasteiger partial charge in [-0.1, -0.05) is 0 Å². The highest BCUT2D eigenvalue weighted by molar-refractivity contribution is 5.81. The Labute approximate surface area is 95.4 Å². The van der Waals surface area contributed by atoms with Gasteiger partial charge in [-0.3, -0.25) is 4.79 Å². The lowest BCUT2D eigenvalue weighted by atomic mass is 10.1. The molecule has 1 aromatic rings. The number of fused-ring (bicyclic) bond motifs is 1. The zero-order valence-electron chi connectivity index (χ0n) is 9.87. The van der Waals surface area contributed by atoms with E-state index in [2.05, 4.69) is 0 Å². The van der Waals surface area contributed by atoms with Crippen molar-refractivity contribution in [3.05, 3.63) is 23.3 Å². The van der Waals surface area contributed by atoms with Crippen molar-refractivity contribution in [2.75, 3.05) is 6.61 Å². The Morgan fingerprint density at radius 2 is 1.88 bits per heavy atom. The summed E-state index contributed by atoms with van der Waals surface area (Å²) in [6.07, 6.45) is 0.241. The molecule has 0 saturated heterocycles. The summed E-state index contributed by atoms with van der Waals surface area (Å²) in [4.78, 5) is 11.3. The number of Topliss-reactive ketones (excluding diaryl/α,β-unsaturated/α-hetero) is 1. The van der Waals surface area contributed by atoms with E-state index in [1.165, 1.54) is 5.56 Å². The van der Waals surface area contributed by atoms with Gasteiger partial charge in [0.25, 0.3) is 0 Å². The van der Waals surface area contributed by atoms with E-state index in [4.69, 9.17) is 9.47 Å². The third kappa shape index (κ3) is 2.03. The Bertz CT molecular complexity index is 423. The standard InChI is InChI=1S/C13H16O3/c1-8-6-12-13(7-9(8)2)16-11(10(3)14)4-5-15-12/h6-7,11H,4-5H2,1-3H3. The van der Waals surface area contributed by atoms with Gasteiger partial charge in [0.1, 0.15) is 0 Å². The van der Waals surface area contributed by atoms with Crippen molar-refractivity contribution in [1.82, 2.24) is 0 Å². The van der Waals surface area contributed by atoms with E-state index < -0.39 is 0 Å². The monoisotopic (exact) mass is 220 g/mol. The van der Waals surface area contributed by atoms with Gasteiger partial charge in [0, 0.05) is 6.42 Å². The summed E-state index contributed by atoms with van der Waals surface area (Å²) in [5, 5.41) is 0. The third-order valence-electron chi connectivity index (χ3n) is 2.92. The molecule has 1 unspecified atom stereocenters. The fraction of sp³-hybridized carbons (Fsp3) is 0.462. The second-order valence-corrected chi connectivity index (χ2v) is 4.24. The number of hydrogen-bond acceptors (Lipinski definition) is 3. The zero-order chi connectivity index (χ0) is 11.7. The molecule has 0 fully saturated rings. The summed E-state index contributed by atoms with van der Waals surface area (Å²) in [5.41, 5.74) is 2.31. The van der Waals surface area contributed by atoms with E-state index in [0.29, 0.717) is 18.8 Å². The first kappa shape index (κ1) is 11.0. The highest BCUT2D eigenvalue weighted by Gasteiger charge is 2.22. The Hall–Kier alpha value is -1.51. The molecular weight excluding hydrogens is 204 g/mol. The summed E-state index contributed by atoms with van der Waals surface area (Å²) in [5.74, 6) is 1.47. The summed E-state index contributed by atoms with van der Waals surface area (Å²) >= 11 is 0. The van der Waals surface area contributed by atoms with Gasteiger partial charge in [-0.25, -0.2) is 0 Å². The van der Waals surface area contributed by atoms with Crippen LogP contribution in [0.3, 0.4) is 0 Å². The molecule has 1 aliphatic rings. The van der Waals surface area contributed by atoms with Crippen LogP contribution in [0.2, 0.25) is 0 Å². The van der Waals surface area contributed by atoms with E-state index in [1.54, 1.807) is 6.92 Å². The molecule has 0 amide bonds. The third-order valence-corrected chi connectivity index (χ3v) is 2.92. The maximum atomic E-state index is 11.3. The topological polar surface area (TPSA) is 35.5 Å². The molecule has 0 aromatic heterocycles. The highest BCUT2D eigenvalue weighted by atomic mass is 16.5. The van der Waals surface area contributed by atoms with Gasteiger partial charge in [-0.2, -0.15) is 0 Å². The molecule has 0 aliphatic carbocycles. The van der Waals surface area contributed by atoms with E-state index >= 15 is 0 Å². The zero-order valence-corrected chi connectivity index (χ0v) is 9.87. The molecule has 86 valence electrons. The van der Waals surface area contributed by atoms with Crippen molar-refractivity contribution in [2.45, 2.75) is 33.3 Å². The summed E-state index contributed by atoms with van der Waals surface area (Å²) in [6, 6.07) is 3.90. The van der Waals surface area contributed by atoms with Crippen LogP contribution in [0, 0.1) is 13.8 Å². The number of ether oxygens (including phenoxy) is 2. The summed E-state index contributed by atoms with van der Waals surface area (Å²) in [7, 11) is 0. The molecule has 1 atom stereocenters. The van der Waals surface area contributed by atoms with Gasteiger partial charge in [-0.15, -0.1) is 0 Å². The van der Waals surface area contributed by atoms with Gasteiger partial charge in [-0.05, 0) is 44.0 Å². The van der Waals surface area contributed by atoms with E-state index in [9.17, 15) is 4.79 Å². The minimum atomic E-state index is -0.372. The fourth-order valence-electron chi connectivity index (χ4n) is 1.74. The fourth-order valence-corrected chi connectivity index (χ4v) is 1.74. The Kier molecular flexibility index (Phi) is 2.86. The number of ketones is 1. The average molecular weight is 220 g/mol. The van der Waals surface area contributed by atoms with Crippen LogP contribution in [0.4, 0.5) is 0 Å². The van der Waals surface area contributed by atoms with Crippen molar-refractivity contribution in [1.29, 1.82) is 0 Å². The van der Waals surface area contributed by atoms with Gasteiger partial charge in [0.05, 0.1) is 6.61 Å². The van der Waals surface area contributed by atoms with Gasteiger partial charge >= 0.3 is 0 Å². The van der Waals surface area contributed by atoms with Crippen LogP contribution in [0.5, 0.6) is 11.5 Å². The summed E-state index contributed by atoms with van der Waals surface area (Å²) in [6.45, 7) is 6.13. The van der Waals surface area contributed by atoms with E-state index in [1.807, 2.05) is 26.0 Å². The molecule has 2 rings (SSSR count). The lowest BCUT2D eigenvalue weighted by molar-refractivity contribution is -0.123. The number of rotatable bonds is 1. The number of carbonyl (C=O) groups is 1.